The largest absolute Gasteiger partial charge is 0.357 e. The summed E-state index contributed by atoms with van der Waals surface area (Å²) >= 11 is 0. The molecule has 0 aliphatic carbocycles. The van der Waals surface area contributed by atoms with Gasteiger partial charge >= 0.3 is 0 Å². The Balaban J connectivity index is 0.00000264. The minimum Gasteiger partial charge on any atom is -0.357 e. The zero-order valence-electron chi connectivity index (χ0n) is 14.0. The average Bonchev–Trinajstić information content (AvgIpc) is 3.05. The highest BCUT2D eigenvalue weighted by atomic mass is 127. The lowest BCUT2D eigenvalue weighted by atomic mass is 10.1. The first-order valence-corrected chi connectivity index (χ1v) is 8.05. The van der Waals surface area contributed by atoms with E-state index in [2.05, 4.69) is 34.7 Å². The van der Waals surface area contributed by atoms with Crippen molar-refractivity contribution in [2.45, 2.75) is 33.2 Å². The van der Waals surface area contributed by atoms with Gasteiger partial charge in [0.25, 0.3) is 0 Å². The Labute approximate surface area is 156 Å². The van der Waals surface area contributed by atoms with Crippen LogP contribution >= 0.6 is 24.0 Å². The Morgan fingerprint density at radius 2 is 1.91 bits per heavy atom. The lowest BCUT2D eigenvalue weighted by Crippen LogP contribution is -2.44. The first-order chi connectivity index (χ1) is 10.7. The maximum Gasteiger partial charge on any atom is 0.241 e. The maximum atomic E-state index is 12.1. The van der Waals surface area contributed by atoms with E-state index in [9.17, 15) is 4.79 Å². The number of halogens is 1. The Morgan fingerprint density at radius 3 is 2.57 bits per heavy atom. The van der Waals surface area contributed by atoms with E-state index in [1.807, 2.05) is 24.0 Å². The summed E-state index contributed by atoms with van der Waals surface area (Å²) < 4.78 is 0. The molecule has 5 nitrogen and oxygen atoms in total. The molecule has 2 N–H and O–H groups in total. The zero-order valence-corrected chi connectivity index (χ0v) is 16.3. The number of rotatable bonds is 5. The van der Waals surface area contributed by atoms with Crippen molar-refractivity contribution >= 4 is 35.8 Å². The molecule has 1 saturated heterocycles. The molecule has 0 spiro atoms. The monoisotopic (exact) mass is 430 g/mol. The molecule has 1 aromatic carbocycles. The van der Waals surface area contributed by atoms with Crippen molar-refractivity contribution in [1.82, 2.24) is 15.5 Å². The quantitative estimate of drug-likeness (QED) is 0.428. The number of guanidine groups is 1. The maximum absolute atomic E-state index is 12.1. The minimum atomic E-state index is 0. The summed E-state index contributed by atoms with van der Waals surface area (Å²) in [6.45, 7) is 7.57. The smallest absolute Gasteiger partial charge is 0.241 e. The number of benzene rings is 1. The molecule has 0 atom stereocenters. The van der Waals surface area contributed by atoms with Crippen molar-refractivity contribution < 1.29 is 4.79 Å². The van der Waals surface area contributed by atoms with Gasteiger partial charge in [0.05, 0.1) is 13.1 Å². The van der Waals surface area contributed by atoms with Crippen LogP contribution in [0.5, 0.6) is 0 Å². The predicted octanol–water partition coefficient (Wildman–Crippen LogP) is 2.29. The van der Waals surface area contributed by atoms with Crippen molar-refractivity contribution in [3.63, 3.8) is 0 Å². The third-order valence-corrected chi connectivity index (χ3v) is 3.88. The fraction of sp³-hybridized carbons (Fsp3) is 0.529. The van der Waals surface area contributed by atoms with E-state index in [0.29, 0.717) is 19.0 Å². The number of hydrogen-bond acceptors (Lipinski definition) is 2. The highest BCUT2D eigenvalue weighted by Crippen LogP contribution is 2.08. The minimum absolute atomic E-state index is 0. The number of carbonyl (C=O) groups excluding carboxylic acids is 1. The molecule has 1 aromatic rings. The molecule has 1 amide bonds. The van der Waals surface area contributed by atoms with Gasteiger partial charge in [-0.15, -0.1) is 24.0 Å². The van der Waals surface area contributed by atoms with Crippen LogP contribution in [-0.4, -0.2) is 42.9 Å². The van der Waals surface area contributed by atoms with E-state index >= 15 is 0 Å². The number of likely N-dealkylation sites (tertiary alicyclic amines) is 1. The Bertz CT molecular complexity index is 527. The molecule has 1 fully saturated rings. The van der Waals surface area contributed by atoms with Gasteiger partial charge in [0, 0.05) is 19.6 Å². The molecule has 2 rings (SSSR count). The van der Waals surface area contributed by atoms with E-state index in [1.54, 1.807) is 0 Å². The molecular formula is C17H27IN4O. The van der Waals surface area contributed by atoms with Crippen molar-refractivity contribution in [1.29, 1.82) is 0 Å². The Hall–Kier alpha value is -1.31. The van der Waals surface area contributed by atoms with E-state index in [0.717, 1.165) is 32.5 Å². The van der Waals surface area contributed by atoms with E-state index in [-0.39, 0.29) is 29.9 Å². The van der Waals surface area contributed by atoms with Crippen molar-refractivity contribution in [3.05, 3.63) is 35.4 Å². The molecule has 0 saturated carbocycles. The first kappa shape index (κ1) is 19.7. The van der Waals surface area contributed by atoms with Crippen LogP contribution in [0.15, 0.2) is 29.3 Å². The molecule has 0 bridgehead atoms. The molecule has 128 valence electrons. The van der Waals surface area contributed by atoms with Gasteiger partial charge in [-0.1, -0.05) is 24.3 Å². The van der Waals surface area contributed by atoms with Gasteiger partial charge in [0.2, 0.25) is 5.91 Å². The fourth-order valence-electron chi connectivity index (χ4n) is 2.53. The van der Waals surface area contributed by atoms with E-state index in [1.165, 1.54) is 11.1 Å². The van der Waals surface area contributed by atoms with Crippen molar-refractivity contribution in [3.8, 4) is 0 Å². The van der Waals surface area contributed by atoms with Crippen molar-refractivity contribution in [2.24, 2.45) is 4.99 Å². The molecule has 0 aromatic heterocycles. The average molecular weight is 430 g/mol. The molecule has 1 aliphatic heterocycles. The van der Waals surface area contributed by atoms with Crippen LogP contribution in [0.1, 0.15) is 30.9 Å². The number of hydrogen-bond donors (Lipinski definition) is 2. The summed E-state index contributed by atoms with van der Waals surface area (Å²) in [5.74, 6) is 0.845. The molecular weight excluding hydrogens is 403 g/mol. The van der Waals surface area contributed by atoms with Crippen LogP contribution in [-0.2, 0) is 11.3 Å². The highest BCUT2D eigenvalue weighted by molar-refractivity contribution is 14.0. The number of nitrogens with zero attached hydrogens (tertiary/aromatic N) is 2. The second kappa shape index (κ2) is 10.5. The summed E-state index contributed by atoms with van der Waals surface area (Å²) in [5.41, 5.74) is 2.43. The number of carbonyl (C=O) groups is 1. The number of aryl methyl sites for hydroxylation is 1. The number of nitrogens with one attached hydrogen (secondary N) is 2. The van der Waals surface area contributed by atoms with Crippen LogP contribution in [0, 0.1) is 6.92 Å². The van der Waals surface area contributed by atoms with Gasteiger partial charge < -0.3 is 15.5 Å². The van der Waals surface area contributed by atoms with Gasteiger partial charge in [-0.25, -0.2) is 4.99 Å². The third-order valence-electron chi connectivity index (χ3n) is 3.88. The van der Waals surface area contributed by atoms with Gasteiger partial charge in [0.15, 0.2) is 5.96 Å². The van der Waals surface area contributed by atoms with E-state index in [4.69, 9.17) is 0 Å². The van der Waals surface area contributed by atoms with E-state index < -0.39 is 0 Å². The molecule has 1 heterocycles. The first-order valence-electron chi connectivity index (χ1n) is 8.05. The van der Waals surface area contributed by atoms with Crippen LogP contribution in [0.2, 0.25) is 0 Å². The second-order valence-corrected chi connectivity index (χ2v) is 5.56. The zero-order chi connectivity index (χ0) is 15.8. The van der Waals surface area contributed by atoms with Gasteiger partial charge in [0.1, 0.15) is 0 Å². The molecule has 6 heteroatoms. The van der Waals surface area contributed by atoms with Gasteiger partial charge in [-0.05, 0) is 37.8 Å². The number of aliphatic imine (C=N–C) groups is 1. The highest BCUT2D eigenvalue weighted by Gasteiger charge is 2.17. The molecule has 1 aliphatic rings. The normalized spacial score (nSPS) is 14.3. The summed E-state index contributed by atoms with van der Waals surface area (Å²) in [7, 11) is 0. The topological polar surface area (TPSA) is 56.7 Å². The third kappa shape index (κ3) is 6.37. The summed E-state index contributed by atoms with van der Waals surface area (Å²) in [6.07, 6.45) is 2.24. The van der Waals surface area contributed by atoms with Crippen molar-refractivity contribution in [2.75, 3.05) is 26.2 Å². The Kier molecular flexibility index (Phi) is 8.98. The van der Waals surface area contributed by atoms with Crippen LogP contribution < -0.4 is 10.6 Å². The van der Waals surface area contributed by atoms with Crippen LogP contribution in [0.3, 0.4) is 0 Å². The molecule has 0 radical (unpaired) electrons. The lowest BCUT2D eigenvalue weighted by molar-refractivity contribution is -0.128. The Morgan fingerprint density at radius 1 is 1.22 bits per heavy atom. The second-order valence-electron chi connectivity index (χ2n) is 5.56. The SMILES string of the molecule is CCNC(=NCc1ccccc1C)NCC(=O)N1CCCC1.I. The molecule has 23 heavy (non-hydrogen) atoms. The fourth-order valence-corrected chi connectivity index (χ4v) is 2.53. The number of amides is 1. The lowest BCUT2D eigenvalue weighted by Gasteiger charge is -2.17. The predicted molar refractivity (Wildman–Crippen MR) is 105 cm³/mol. The summed E-state index contributed by atoms with van der Waals surface area (Å²) in [6, 6.07) is 8.22. The summed E-state index contributed by atoms with van der Waals surface area (Å²) in [5, 5.41) is 6.32. The van der Waals surface area contributed by atoms with Crippen LogP contribution in [0.25, 0.3) is 0 Å². The van der Waals surface area contributed by atoms with Gasteiger partial charge in [-0.2, -0.15) is 0 Å². The summed E-state index contributed by atoms with van der Waals surface area (Å²) in [4.78, 5) is 18.5. The van der Waals surface area contributed by atoms with Gasteiger partial charge in [-0.3, -0.25) is 4.79 Å². The van der Waals surface area contributed by atoms with Crippen LogP contribution in [0.4, 0.5) is 0 Å². The molecule has 0 unspecified atom stereocenters. The standard InChI is InChI=1S/C17H26N4O.HI/c1-3-18-17(19-12-15-9-5-4-8-14(15)2)20-13-16(22)21-10-6-7-11-21;/h4-5,8-9H,3,6-7,10-13H2,1-2H3,(H2,18,19,20);1H.